The lowest BCUT2D eigenvalue weighted by atomic mass is 10.2. The summed E-state index contributed by atoms with van der Waals surface area (Å²) in [6, 6.07) is 10.6. The van der Waals surface area contributed by atoms with Crippen molar-refractivity contribution in [2.75, 3.05) is 31.1 Å². The van der Waals surface area contributed by atoms with Gasteiger partial charge < -0.3 is 9.32 Å². The molecule has 3 aromatic rings. The fourth-order valence-electron chi connectivity index (χ4n) is 3.17. The molecule has 7 nitrogen and oxygen atoms in total. The molecule has 2 aromatic heterocycles. The average molecular weight is 438 g/mol. The first-order chi connectivity index (χ1) is 14.2. The van der Waals surface area contributed by atoms with Crippen LogP contribution in [-0.4, -0.2) is 49.1 Å². The first-order valence-corrected chi connectivity index (χ1v) is 10.5. The van der Waals surface area contributed by atoms with Gasteiger partial charge in [0.2, 0.25) is 10.0 Å². The van der Waals surface area contributed by atoms with E-state index in [0.717, 1.165) is 24.3 Å². The summed E-state index contributed by atoms with van der Waals surface area (Å²) in [5.41, 5.74) is -0.296. The zero-order valence-electron chi connectivity index (χ0n) is 15.6. The first-order valence-electron chi connectivity index (χ1n) is 9.05. The van der Waals surface area contributed by atoms with Crippen LogP contribution in [0.5, 0.6) is 0 Å². The van der Waals surface area contributed by atoms with Crippen molar-refractivity contribution < 1.29 is 26.0 Å². The summed E-state index contributed by atoms with van der Waals surface area (Å²) in [7, 11) is -3.88. The molecule has 0 saturated carbocycles. The maximum absolute atomic E-state index is 12.8. The van der Waals surface area contributed by atoms with Gasteiger partial charge in [0.05, 0.1) is 16.7 Å². The molecule has 1 aromatic carbocycles. The zero-order valence-corrected chi connectivity index (χ0v) is 16.4. The van der Waals surface area contributed by atoms with Crippen LogP contribution in [0.1, 0.15) is 5.56 Å². The number of furan rings is 1. The Bertz CT molecular complexity index is 1090. The highest BCUT2D eigenvalue weighted by molar-refractivity contribution is 7.89. The number of nitrogens with zero attached hydrogens (tertiary/aromatic N) is 4. The second-order valence-corrected chi connectivity index (χ2v) is 8.61. The van der Waals surface area contributed by atoms with E-state index in [1.165, 1.54) is 4.31 Å². The molecule has 0 N–H and O–H groups in total. The van der Waals surface area contributed by atoms with Gasteiger partial charge >= 0.3 is 6.18 Å². The molecule has 30 heavy (non-hydrogen) atoms. The minimum Gasteiger partial charge on any atom is -0.463 e. The van der Waals surface area contributed by atoms with Crippen molar-refractivity contribution >= 4 is 15.8 Å². The Kier molecular flexibility index (Phi) is 5.24. The molecule has 0 amide bonds. The van der Waals surface area contributed by atoms with Gasteiger partial charge in [-0.15, -0.1) is 10.2 Å². The fraction of sp³-hybridized carbons (Fsp3) is 0.263. The molecular weight excluding hydrogens is 421 g/mol. The third-order valence-corrected chi connectivity index (χ3v) is 6.72. The van der Waals surface area contributed by atoms with Crippen LogP contribution in [-0.2, 0) is 16.2 Å². The van der Waals surface area contributed by atoms with Crippen LogP contribution in [0.2, 0.25) is 0 Å². The zero-order chi connectivity index (χ0) is 21.4. The normalized spacial score (nSPS) is 16.0. The Morgan fingerprint density at radius 3 is 2.13 bits per heavy atom. The van der Waals surface area contributed by atoms with E-state index in [1.54, 1.807) is 30.5 Å². The van der Waals surface area contributed by atoms with Gasteiger partial charge in [0.15, 0.2) is 11.6 Å². The predicted octanol–water partition coefficient (Wildman–Crippen LogP) is 3.27. The second-order valence-electron chi connectivity index (χ2n) is 6.67. The van der Waals surface area contributed by atoms with E-state index in [1.807, 2.05) is 4.90 Å². The largest absolute Gasteiger partial charge is 0.463 e. The van der Waals surface area contributed by atoms with E-state index in [9.17, 15) is 21.6 Å². The Hall–Kier alpha value is -2.92. The van der Waals surface area contributed by atoms with E-state index < -0.39 is 21.8 Å². The summed E-state index contributed by atoms with van der Waals surface area (Å²) >= 11 is 0. The highest BCUT2D eigenvalue weighted by Crippen LogP contribution is 2.30. The lowest BCUT2D eigenvalue weighted by Gasteiger charge is -2.34. The summed E-state index contributed by atoms with van der Waals surface area (Å²) in [6.45, 7) is 1.14. The van der Waals surface area contributed by atoms with Gasteiger partial charge in [0.1, 0.15) is 5.69 Å². The number of benzene rings is 1. The third-order valence-electron chi connectivity index (χ3n) is 4.81. The molecule has 158 valence electrons. The van der Waals surface area contributed by atoms with Gasteiger partial charge in [-0.1, -0.05) is 0 Å². The minimum absolute atomic E-state index is 0.161. The highest BCUT2D eigenvalue weighted by Gasteiger charge is 2.32. The number of aromatic nitrogens is 2. The monoisotopic (exact) mass is 438 g/mol. The third kappa shape index (κ3) is 4.03. The predicted molar refractivity (Wildman–Crippen MR) is 102 cm³/mol. The van der Waals surface area contributed by atoms with Crippen LogP contribution >= 0.6 is 0 Å². The molecule has 0 atom stereocenters. The number of anilines is 1. The molecule has 1 aliphatic rings. The number of hydrogen-bond acceptors (Lipinski definition) is 6. The van der Waals surface area contributed by atoms with Gasteiger partial charge in [-0.2, -0.15) is 17.5 Å². The molecule has 0 bridgehead atoms. The minimum atomic E-state index is -4.51. The molecule has 1 saturated heterocycles. The van der Waals surface area contributed by atoms with E-state index in [2.05, 4.69) is 10.2 Å². The molecule has 11 heteroatoms. The standard InChI is InChI=1S/C19H17F3N4O3S/c20-19(21,22)14-3-5-15(6-4-14)30(27,28)26-11-9-25(10-12-26)18-8-7-16(23-24-18)17-2-1-13-29-17/h1-8,13H,9-12H2. The van der Waals surface area contributed by atoms with Crippen molar-refractivity contribution in [2.45, 2.75) is 11.1 Å². The number of halogens is 3. The summed E-state index contributed by atoms with van der Waals surface area (Å²) in [5.74, 6) is 1.21. The Labute approximate surface area is 170 Å². The Morgan fingerprint density at radius 2 is 1.60 bits per heavy atom. The van der Waals surface area contributed by atoms with Crippen LogP contribution in [0.4, 0.5) is 19.0 Å². The van der Waals surface area contributed by atoms with Crippen LogP contribution < -0.4 is 4.90 Å². The molecule has 3 heterocycles. The average Bonchev–Trinajstić information content (AvgIpc) is 3.28. The first kappa shape index (κ1) is 20.4. The van der Waals surface area contributed by atoms with E-state index in [4.69, 9.17) is 4.42 Å². The van der Waals surface area contributed by atoms with Crippen molar-refractivity contribution in [3.05, 3.63) is 60.4 Å². The number of hydrogen-bond donors (Lipinski definition) is 0. The molecular formula is C19H17F3N4O3S. The van der Waals surface area contributed by atoms with Crippen molar-refractivity contribution in [1.82, 2.24) is 14.5 Å². The maximum Gasteiger partial charge on any atom is 0.416 e. The van der Waals surface area contributed by atoms with Crippen LogP contribution in [0.3, 0.4) is 0 Å². The van der Waals surface area contributed by atoms with Crippen molar-refractivity contribution in [2.24, 2.45) is 0 Å². The molecule has 1 fully saturated rings. The highest BCUT2D eigenvalue weighted by atomic mass is 32.2. The van der Waals surface area contributed by atoms with Gasteiger partial charge in [-0.05, 0) is 48.5 Å². The van der Waals surface area contributed by atoms with E-state index in [0.29, 0.717) is 30.4 Å². The SMILES string of the molecule is O=S(=O)(c1ccc(C(F)(F)F)cc1)N1CCN(c2ccc(-c3ccco3)nn2)CC1. The molecule has 0 unspecified atom stereocenters. The van der Waals surface area contributed by atoms with Crippen molar-refractivity contribution in [3.8, 4) is 11.5 Å². The van der Waals surface area contributed by atoms with Gasteiger partial charge in [-0.3, -0.25) is 0 Å². The molecule has 1 aliphatic heterocycles. The van der Waals surface area contributed by atoms with E-state index >= 15 is 0 Å². The molecule has 0 radical (unpaired) electrons. The summed E-state index contributed by atoms with van der Waals surface area (Å²) in [5, 5.41) is 8.31. The quantitative estimate of drug-likeness (QED) is 0.622. The summed E-state index contributed by atoms with van der Waals surface area (Å²) < 4.78 is 70.1. The molecule has 4 rings (SSSR count). The Balaban J connectivity index is 1.42. The lowest BCUT2D eigenvalue weighted by Crippen LogP contribution is -2.49. The van der Waals surface area contributed by atoms with Crippen LogP contribution in [0, 0.1) is 0 Å². The lowest BCUT2D eigenvalue weighted by molar-refractivity contribution is -0.137. The molecule has 0 spiro atoms. The van der Waals surface area contributed by atoms with Crippen LogP contribution in [0.15, 0.2) is 64.1 Å². The Morgan fingerprint density at radius 1 is 0.900 bits per heavy atom. The number of sulfonamides is 1. The number of rotatable bonds is 4. The van der Waals surface area contributed by atoms with Crippen LogP contribution in [0.25, 0.3) is 11.5 Å². The number of alkyl halides is 3. The topological polar surface area (TPSA) is 79.5 Å². The molecule has 0 aliphatic carbocycles. The summed E-state index contributed by atoms with van der Waals surface area (Å²) in [4.78, 5) is 1.74. The second kappa shape index (κ2) is 7.73. The smallest absolute Gasteiger partial charge is 0.416 e. The maximum atomic E-state index is 12.8. The fourth-order valence-corrected chi connectivity index (χ4v) is 4.59. The van der Waals surface area contributed by atoms with E-state index in [-0.39, 0.29) is 18.0 Å². The number of piperazine rings is 1. The van der Waals surface area contributed by atoms with Crippen molar-refractivity contribution in [3.63, 3.8) is 0 Å². The van der Waals surface area contributed by atoms with Gasteiger partial charge in [-0.25, -0.2) is 8.42 Å². The van der Waals surface area contributed by atoms with Gasteiger partial charge in [0.25, 0.3) is 0 Å². The van der Waals surface area contributed by atoms with Crippen molar-refractivity contribution in [1.29, 1.82) is 0 Å². The van der Waals surface area contributed by atoms with Gasteiger partial charge in [0, 0.05) is 26.2 Å². The summed E-state index contributed by atoms with van der Waals surface area (Å²) in [6.07, 6.45) is -2.97.